The molecule has 1 heterocycles. The summed E-state index contributed by atoms with van der Waals surface area (Å²) in [5.74, 6) is 0. The maximum Gasteiger partial charge on any atom is 0.249 e. The van der Waals surface area contributed by atoms with Crippen LogP contribution < -0.4 is 5.32 Å². The lowest BCUT2D eigenvalue weighted by molar-refractivity contribution is 0.0597. The Morgan fingerprint density at radius 1 is 1.20 bits per heavy atom. The lowest BCUT2D eigenvalue weighted by Gasteiger charge is -2.27. The minimum absolute atomic E-state index is 0. The first kappa shape index (κ1) is 12.4. The van der Waals surface area contributed by atoms with E-state index in [0.29, 0.717) is 19.5 Å². The van der Waals surface area contributed by atoms with E-state index in [2.05, 4.69) is 5.32 Å². The van der Waals surface area contributed by atoms with Crippen LogP contribution in [0.1, 0.15) is 12.0 Å². The van der Waals surface area contributed by atoms with Gasteiger partial charge in [-0.15, -0.1) is 12.4 Å². The molecule has 1 nitrogen and oxygen atoms in total. The van der Waals surface area contributed by atoms with Gasteiger partial charge < -0.3 is 5.32 Å². The number of hydrogen-bond donors (Lipinski definition) is 1. The minimum atomic E-state index is -2.29. The van der Waals surface area contributed by atoms with E-state index in [1.165, 1.54) is 0 Å². The molecule has 0 radical (unpaired) electrons. The molecule has 1 unspecified atom stereocenters. The second-order valence-corrected chi connectivity index (χ2v) is 3.75. The van der Waals surface area contributed by atoms with Gasteiger partial charge in [0.25, 0.3) is 0 Å². The van der Waals surface area contributed by atoms with Crippen molar-refractivity contribution in [2.45, 2.75) is 18.3 Å². The van der Waals surface area contributed by atoms with Crippen LogP contribution in [-0.2, 0) is 5.41 Å². The highest BCUT2D eigenvalue weighted by atomic mass is 35.5. The van der Waals surface area contributed by atoms with Gasteiger partial charge in [-0.05, 0) is 18.5 Å². The average Bonchev–Trinajstić information content (AvgIpc) is 2.69. The van der Waals surface area contributed by atoms with Gasteiger partial charge in [-0.2, -0.15) is 0 Å². The van der Waals surface area contributed by atoms with Crippen LogP contribution in [-0.4, -0.2) is 19.5 Å². The van der Waals surface area contributed by atoms with Crippen molar-refractivity contribution in [2.75, 3.05) is 13.1 Å². The fourth-order valence-electron chi connectivity index (χ4n) is 2.04. The van der Waals surface area contributed by atoms with Crippen LogP contribution in [0.2, 0.25) is 0 Å². The summed E-state index contributed by atoms with van der Waals surface area (Å²) >= 11 is 0. The van der Waals surface area contributed by atoms with E-state index >= 15 is 0 Å². The van der Waals surface area contributed by atoms with Gasteiger partial charge >= 0.3 is 0 Å². The van der Waals surface area contributed by atoms with E-state index in [1.807, 2.05) is 18.2 Å². The van der Waals surface area contributed by atoms with Crippen LogP contribution in [0.25, 0.3) is 0 Å². The molecule has 15 heavy (non-hydrogen) atoms. The van der Waals surface area contributed by atoms with E-state index in [4.69, 9.17) is 0 Å². The third-order valence-corrected chi connectivity index (χ3v) is 2.95. The molecule has 0 aromatic heterocycles. The fourth-order valence-corrected chi connectivity index (χ4v) is 2.04. The molecule has 2 rings (SSSR count). The highest BCUT2D eigenvalue weighted by molar-refractivity contribution is 5.85. The van der Waals surface area contributed by atoms with E-state index in [0.717, 1.165) is 5.56 Å². The lowest BCUT2D eigenvalue weighted by Crippen LogP contribution is -2.36. The van der Waals surface area contributed by atoms with Crippen molar-refractivity contribution < 1.29 is 8.78 Å². The second kappa shape index (κ2) is 4.90. The first-order chi connectivity index (χ1) is 6.76. The zero-order valence-corrected chi connectivity index (χ0v) is 9.07. The molecule has 1 aromatic rings. The molecule has 1 aromatic carbocycles. The zero-order valence-electron chi connectivity index (χ0n) is 8.25. The Balaban J connectivity index is 0.00000112. The van der Waals surface area contributed by atoms with Gasteiger partial charge in [0.2, 0.25) is 6.43 Å². The summed E-state index contributed by atoms with van der Waals surface area (Å²) in [7, 11) is 0. The number of nitrogens with one attached hydrogen (secondary N) is 1. The van der Waals surface area contributed by atoms with Crippen molar-refractivity contribution in [3.05, 3.63) is 35.9 Å². The Morgan fingerprint density at radius 2 is 1.87 bits per heavy atom. The molecule has 0 saturated carbocycles. The molecule has 4 heteroatoms. The molecular formula is C11H14ClF2N. The van der Waals surface area contributed by atoms with Crippen LogP contribution in [0.15, 0.2) is 30.3 Å². The van der Waals surface area contributed by atoms with E-state index in [1.54, 1.807) is 12.1 Å². The Hall–Kier alpha value is -0.670. The van der Waals surface area contributed by atoms with Gasteiger partial charge in [-0.25, -0.2) is 8.78 Å². The number of rotatable bonds is 2. The monoisotopic (exact) mass is 233 g/mol. The molecule has 1 aliphatic rings. The van der Waals surface area contributed by atoms with E-state index in [-0.39, 0.29) is 12.4 Å². The van der Waals surface area contributed by atoms with Gasteiger partial charge in [-0.1, -0.05) is 30.3 Å². The van der Waals surface area contributed by atoms with Crippen molar-refractivity contribution in [1.82, 2.24) is 5.32 Å². The van der Waals surface area contributed by atoms with Crippen LogP contribution in [0.4, 0.5) is 8.78 Å². The van der Waals surface area contributed by atoms with Gasteiger partial charge in [0, 0.05) is 6.54 Å². The van der Waals surface area contributed by atoms with Crippen LogP contribution in [0.5, 0.6) is 0 Å². The number of alkyl halides is 2. The van der Waals surface area contributed by atoms with Crippen molar-refractivity contribution >= 4 is 12.4 Å². The molecule has 0 bridgehead atoms. The molecule has 0 amide bonds. The lowest BCUT2D eigenvalue weighted by atomic mass is 9.80. The van der Waals surface area contributed by atoms with Crippen LogP contribution in [0.3, 0.4) is 0 Å². The number of halogens is 3. The molecule has 1 atom stereocenters. The Labute approximate surface area is 94.3 Å². The maximum absolute atomic E-state index is 13.0. The Bertz CT molecular complexity index is 297. The largest absolute Gasteiger partial charge is 0.316 e. The topological polar surface area (TPSA) is 12.0 Å². The molecule has 1 N–H and O–H groups in total. The summed E-state index contributed by atoms with van der Waals surface area (Å²) in [6.45, 7) is 1.06. The first-order valence-corrected chi connectivity index (χ1v) is 4.80. The molecule has 0 aliphatic carbocycles. The van der Waals surface area contributed by atoms with Crippen molar-refractivity contribution in [3.8, 4) is 0 Å². The van der Waals surface area contributed by atoms with Gasteiger partial charge in [0.05, 0.1) is 5.41 Å². The van der Waals surface area contributed by atoms with Gasteiger partial charge in [0.15, 0.2) is 0 Å². The quantitative estimate of drug-likeness (QED) is 0.828. The summed E-state index contributed by atoms with van der Waals surface area (Å²) < 4.78 is 26.1. The van der Waals surface area contributed by atoms with E-state index < -0.39 is 11.8 Å². The normalized spacial score (nSPS) is 25.3. The molecule has 1 aliphatic heterocycles. The summed E-state index contributed by atoms with van der Waals surface area (Å²) in [4.78, 5) is 0. The molecule has 0 spiro atoms. The predicted molar refractivity (Wildman–Crippen MR) is 58.9 cm³/mol. The van der Waals surface area contributed by atoms with Crippen molar-refractivity contribution in [3.63, 3.8) is 0 Å². The summed E-state index contributed by atoms with van der Waals surface area (Å²) in [5, 5.41) is 3.01. The second-order valence-electron chi connectivity index (χ2n) is 3.75. The highest BCUT2D eigenvalue weighted by Gasteiger charge is 2.43. The minimum Gasteiger partial charge on any atom is -0.316 e. The van der Waals surface area contributed by atoms with Crippen LogP contribution in [0, 0.1) is 0 Å². The average molecular weight is 234 g/mol. The Kier molecular flexibility index (Phi) is 4.05. The van der Waals surface area contributed by atoms with Crippen molar-refractivity contribution in [1.29, 1.82) is 0 Å². The molecule has 1 fully saturated rings. The third kappa shape index (κ3) is 2.13. The maximum atomic E-state index is 13.0. The first-order valence-electron chi connectivity index (χ1n) is 4.80. The van der Waals surface area contributed by atoms with Crippen LogP contribution >= 0.6 is 12.4 Å². The summed E-state index contributed by atoms with van der Waals surface area (Å²) in [6, 6.07) is 9.07. The third-order valence-electron chi connectivity index (χ3n) is 2.95. The standard InChI is InChI=1S/C11H13F2N.ClH/c12-10(13)11(6-7-14-8-11)9-4-2-1-3-5-9;/h1-5,10,14H,6-8H2;1H. The van der Waals surface area contributed by atoms with Crippen molar-refractivity contribution in [2.24, 2.45) is 0 Å². The molecule has 84 valence electrons. The SMILES string of the molecule is Cl.FC(F)C1(c2ccccc2)CCNC1. The summed E-state index contributed by atoms with van der Waals surface area (Å²) in [6.07, 6.45) is -1.77. The fraction of sp³-hybridized carbons (Fsp3) is 0.455. The zero-order chi connectivity index (χ0) is 10.0. The molecular weight excluding hydrogens is 220 g/mol. The number of benzene rings is 1. The van der Waals surface area contributed by atoms with Gasteiger partial charge in [0.1, 0.15) is 0 Å². The number of hydrogen-bond acceptors (Lipinski definition) is 1. The molecule has 1 saturated heterocycles. The smallest absolute Gasteiger partial charge is 0.249 e. The highest BCUT2D eigenvalue weighted by Crippen LogP contribution is 2.36. The van der Waals surface area contributed by atoms with E-state index in [9.17, 15) is 8.78 Å². The Morgan fingerprint density at radius 3 is 2.33 bits per heavy atom. The van der Waals surface area contributed by atoms with Gasteiger partial charge in [-0.3, -0.25) is 0 Å². The predicted octanol–water partition coefficient (Wildman–Crippen LogP) is 2.60. The summed E-state index contributed by atoms with van der Waals surface area (Å²) in [5.41, 5.74) is -0.207.